The molecule has 0 radical (unpaired) electrons. The fourth-order valence-corrected chi connectivity index (χ4v) is 3.33. The molecule has 0 amide bonds. The van der Waals surface area contributed by atoms with E-state index in [1.807, 2.05) is 6.92 Å². The number of fused-ring (bicyclic) bond motifs is 1. The van der Waals surface area contributed by atoms with Gasteiger partial charge in [-0.2, -0.15) is 0 Å². The number of H-pyrrole nitrogens is 1. The largest absolute Gasteiger partial charge is 0.322 e. The molecular weight excluding hydrogens is 250 g/mol. The molecule has 5 heteroatoms. The van der Waals surface area contributed by atoms with Gasteiger partial charge in [-0.3, -0.25) is 4.79 Å². The molecule has 1 N–H and O–H groups in total. The van der Waals surface area contributed by atoms with E-state index in [-0.39, 0.29) is 11.3 Å². The molecule has 0 spiro atoms. The quantitative estimate of drug-likeness (QED) is 0.923. The third kappa shape index (κ3) is 2.31. The monoisotopic (exact) mass is 265 g/mol. The lowest BCUT2D eigenvalue weighted by atomic mass is 10.1. The Morgan fingerprint density at radius 3 is 2.61 bits per heavy atom. The molecule has 0 saturated carbocycles. The number of hydrogen-bond acceptors (Lipinski definition) is 3. The van der Waals surface area contributed by atoms with Gasteiger partial charge in [-0.05, 0) is 37.1 Å². The van der Waals surface area contributed by atoms with E-state index in [9.17, 15) is 13.2 Å². The highest BCUT2D eigenvalue weighted by Crippen LogP contribution is 2.20. The lowest BCUT2D eigenvalue weighted by molar-refractivity contribution is 0.595. The van der Waals surface area contributed by atoms with Gasteiger partial charge >= 0.3 is 0 Å². The summed E-state index contributed by atoms with van der Waals surface area (Å²) >= 11 is 0. The average molecular weight is 265 g/mol. The molecule has 96 valence electrons. The van der Waals surface area contributed by atoms with Crippen molar-refractivity contribution in [2.75, 3.05) is 5.75 Å². The number of nitrogens with one attached hydrogen (secondary N) is 1. The number of aryl methyl sites for hydroxylation is 1. The predicted molar refractivity (Wildman–Crippen MR) is 71.6 cm³/mol. The van der Waals surface area contributed by atoms with E-state index in [1.54, 1.807) is 25.1 Å². The number of pyridine rings is 1. The Kier molecular flexibility index (Phi) is 3.26. The first-order chi connectivity index (χ1) is 8.44. The molecule has 0 fully saturated rings. The zero-order valence-electron chi connectivity index (χ0n) is 10.4. The van der Waals surface area contributed by atoms with Gasteiger partial charge in [0.05, 0.1) is 10.6 Å². The molecule has 0 atom stereocenters. The lowest BCUT2D eigenvalue weighted by Gasteiger charge is -2.06. The Morgan fingerprint density at radius 2 is 1.94 bits per heavy atom. The summed E-state index contributed by atoms with van der Waals surface area (Å²) in [6.45, 7) is 3.63. The lowest BCUT2D eigenvalue weighted by Crippen LogP contribution is -2.08. The van der Waals surface area contributed by atoms with Gasteiger partial charge in [0.15, 0.2) is 9.84 Å². The first-order valence-electron chi connectivity index (χ1n) is 5.80. The summed E-state index contributed by atoms with van der Waals surface area (Å²) in [5, 5.41) is 0.770. The normalized spacial score (nSPS) is 11.9. The van der Waals surface area contributed by atoms with Gasteiger partial charge in [-0.1, -0.05) is 6.92 Å². The summed E-state index contributed by atoms with van der Waals surface area (Å²) < 4.78 is 24.0. The third-order valence-corrected chi connectivity index (χ3v) is 4.77. The SMILES string of the molecule is CCCS(=O)(=O)c1ccc2[nH]c(=O)cc(C)c2c1. The highest BCUT2D eigenvalue weighted by atomic mass is 32.2. The van der Waals surface area contributed by atoms with E-state index in [0.717, 1.165) is 10.9 Å². The van der Waals surface area contributed by atoms with Crippen LogP contribution in [0.2, 0.25) is 0 Å². The topological polar surface area (TPSA) is 67.0 Å². The molecule has 0 aliphatic heterocycles. The van der Waals surface area contributed by atoms with Crippen LogP contribution in [-0.2, 0) is 9.84 Å². The maximum Gasteiger partial charge on any atom is 0.248 e. The number of sulfone groups is 1. The van der Waals surface area contributed by atoms with Gasteiger partial charge in [0.2, 0.25) is 5.56 Å². The van der Waals surface area contributed by atoms with Crippen molar-refractivity contribution in [3.8, 4) is 0 Å². The molecule has 2 aromatic rings. The highest BCUT2D eigenvalue weighted by Gasteiger charge is 2.14. The van der Waals surface area contributed by atoms with E-state index in [2.05, 4.69) is 4.98 Å². The Bertz CT molecular complexity index is 744. The molecule has 0 saturated heterocycles. The van der Waals surface area contributed by atoms with Crippen LogP contribution in [-0.4, -0.2) is 19.2 Å². The summed E-state index contributed by atoms with van der Waals surface area (Å²) in [6, 6.07) is 6.29. The van der Waals surface area contributed by atoms with Crippen molar-refractivity contribution in [2.45, 2.75) is 25.2 Å². The molecule has 0 aliphatic rings. The van der Waals surface area contributed by atoms with E-state index in [1.165, 1.54) is 6.07 Å². The number of rotatable bonds is 3. The Morgan fingerprint density at radius 1 is 1.22 bits per heavy atom. The van der Waals surface area contributed by atoms with Gasteiger partial charge in [0.25, 0.3) is 0 Å². The maximum atomic E-state index is 12.0. The summed E-state index contributed by atoms with van der Waals surface area (Å²) in [5.74, 6) is 0.140. The number of aromatic amines is 1. The van der Waals surface area contributed by atoms with Gasteiger partial charge in [-0.15, -0.1) is 0 Å². The fraction of sp³-hybridized carbons (Fsp3) is 0.308. The van der Waals surface area contributed by atoms with Crippen LogP contribution in [0.25, 0.3) is 10.9 Å². The van der Waals surface area contributed by atoms with Crippen molar-refractivity contribution >= 4 is 20.7 Å². The van der Waals surface area contributed by atoms with E-state index >= 15 is 0 Å². The highest BCUT2D eigenvalue weighted by molar-refractivity contribution is 7.91. The van der Waals surface area contributed by atoms with Gasteiger partial charge < -0.3 is 4.98 Å². The molecule has 0 aliphatic carbocycles. The first kappa shape index (κ1) is 12.8. The van der Waals surface area contributed by atoms with Crippen LogP contribution in [0.1, 0.15) is 18.9 Å². The number of benzene rings is 1. The number of aromatic nitrogens is 1. The van der Waals surface area contributed by atoms with Crippen molar-refractivity contribution in [1.29, 1.82) is 0 Å². The fourth-order valence-electron chi connectivity index (χ4n) is 1.98. The second-order valence-electron chi connectivity index (χ2n) is 4.34. The molecule has 2 rings (SSSR count). The van der Waals surface area contributed by atoms with Crippen molar-refractivity contribution in [3.63, 3.8) is 0 Å². The molecule has 1 aromatic heterocycles. The van der Waals surface area contributed by atoms with Crippen LogP contribution in [0.4, 0.5) is 0 Å². The molecule has 1 aromatic carbocycles. The summed E-state index contributed by atoms with van der Waals surface area (Å²) in [7, 11) is -3.22. The second kappa shape index (κ2) is 4.57. The van der Waals surface area contributed by atoms with E-state index < -0.39 is 9.84 Å². The van der Waals surface area contributed by atoms with Crippen molar-refractivity contribution in [2.24, 2.45) is 0 Å². The van der Waals surface area contributed by atoms with Crippen LogP contribution >= 0.6 is 0 Å². The third-order valence-electron chi connectivity index (χ3n) is 2.85. The molecular formula is C13H15NO3S. The summed E-state index contributed by atoms with van der Waals surface area (Å²) in [4.78, 5) is 14.3. The zero-order valence-corrected chi connectivity index (χ0v) is 11.2. The second-order valence-corrected chi connectivity index (χ2v) is 6.45. The maximum absolute atomic E-state index is 12.0. The van der Waals surface area contributed by atoms with Crippen LogP contribution < -0.4 is 5.56 Å². The van der Waals surface area contributed by atoms with Crippen molar-refractivity contribution in [1.82, 2.24) is 4.98 Å². The summed E-state index contributed by atoms with van der Waals surface area (Å²) in [5.41, 5.74) is 1.27. The average Bonchev–Trinajstić information content (AvgIpc) is 2.28. The van der Waals surface area contributed by atoms with Gasteiger partial charge in [-0.25, -0.2) is 8.42 Å². The van der Waals surface area contributed by atoms with E-state index in [0.29, 0.717) is 16.8 Å². The van der Waals surface area contributed by atoms with Gasteiger partial charge in [0.1, 0.15) is 0 Å². The smallest absolute Gasteiger partial charge is 0.248 e. The van der Waals surface area contributed by atoms with Crippen molar-refractivity contribution < 1.29 is 8.42 Å². The minimum Gasteiger partial charge on any atom is -0.322 e. The molecule has 18 heavy (non-hydrogen) atoms. The first-order valence-corrected chi connectivity index (χ1v) is 7.46. The van der Waals surface area contributed by atoms with Gasteiger partial charge in [0, 0.05) is 17.0 Å². The summed E-state index contributed by atoms with van der Waals surface area (Å²) in [6.07, 6.45) is 0.588. The van der Waals surface area contributed by atoms with Crippen molar-refractivity contribution in [3.05, 3.63) is 40.2 Å². The Hall–Kier alpha value is -1.62. The van der Waals surface area contributed by atoms with Crippen LogP contribution in [0.15, 0.2) is 34.0 Å². The van der Waals surface area contributed by atoms with E-state index in [4.69, 9.17) is 0 Å². The molecule has 0 unspecified atom stereocenters. The van der Waals surface area contributed by atoms with Crippen LogP contribution in [0.3, 0.4) is 0 Å². The zero-order chi connectivity index (χ0) is 13.3. The Balaban J connectivity index is 2.68. The Labute approximate surface area is 106 Å². The number of hydrogen-bond donors (Lipinski definition) is 1. The van der Waals surface area contributed by atoms with Crippen LogP contribution in [0, 0.1) is 6.92 Å². The minimum atomic E-state index is -3.22. The molecule has 0 bridgehead atoms. The predicted octanol–water partition coefficient (Wildman–Crippen LogP) is 2.02. The van der Waals surface area contributed by atoms with Crippen LogP contribution in [0.5, 0.6) is 0 Å². The molecule has 1 heterocycles. The standard InChI is InChI=1S/C13H15NO3S/c1-3-6-18(16,17)10-4-5-12-11(8-10)9(2)7-13(15)14-12/h4-5,7-8H,3,6H2,1-2H3,(H,14,15). The minimum absolute atomic E-state index is 0.140. The molecule has 4 nitrogen and oxygen atoms in total.